The van der Waals surface area contributed by atoms with Gasteiger partial charge in [-0.3, -0.25) is 0 Å². The largest absolute Gasteiger partial charge is 0.385 e. The number of hydrogen-bond donors (Lipinski definition) is 0. The van der Waals surface area contributed by atoms with Crippen LogP contribution in [0.1, 0.15) is 34.2 Å². The van der Waals surface area contributed by atoms with Crippen molar-refractivity contribution in [3.63, 3.8) is 0 Å². The lowest BCUT2D eigenvalue weighted by Crippen LogP contribution is -1.92. The minimum absolute atomic E-state index is 0.227. The average Bonchev–Trinajstić information content (AvgIpc) is 2.83. The van der Waals surface area contributed by atoms with Gasteiger partial charge in [-0.15, -0.1) is 0 Å². The van der Waals surface area contributed by atoms with Gasteiger partial charge in [0, 0.05) is 36.0 Å². The summed E-state index contributed by atoms with van der Waals surface area (Å²) >= 11 is 0. The molecule has 1 nitrogen and oxygen atoms in total. The van der Waals surface area contributed by atoms with Gasteiger partial charge in [-0.2, -0.15) is 0 Å². The molecule has 4 aromatic rings. The van der Waals surface area contributed by atoms with E-state index in [1.165, 1.54) is 17.7 Å². The third kappa shape index (κ3) is 5.86. The Morgan fingerprint density at radius 2 is 1.12 bits per heavy atom. The number of rotatable bonds is 4. The number of ether oxygens (including phenoxy) is 1. The minimum atomic E-state index is -0.227. The van der Waals surface area contributed by atoms with Gasteiger partial charge in [0.1, 0.15) is 5.82 Å². The Balaban J connectivity index is 1.41. The lowest BCUT2D eigenvalue weighted by atomic mass is 10.1. The molecule has 0 unspecified atom stereocenters. The van der Waals surface area contributed by atoms with Gasteiger partial charge in [-0.1, -0.05) is 47.9 Å². The molecule has 0 amide bonds. The molecule has 0 aromatic heterocycles. The Bertz CT molecular complexity index is 1330. The van der Waals surface area contributed by atoms with E-state index in [1.54, 1.807) is 13.2 Å². The van der Waals surface area contributed by atoms with Gasteiger partial charge >= 0.3 is 0 Å². The van der Waals surface area contributed by atoms with Crippen LogP contribution in [-0.2, 0) is 11.2 Å². The van der Waals surface area contributed by atoms with Gasteiger partial charge in [0.2, 0.25) is 0 Å². The molecule has 0 aliphatic carbocycles. The van der Waals surface area contributed by atoms with E-state index < -0.39 is 0 Å². The first-order valence-corrected chi connectivity index (χ1v) is 10.6. The Hall–Kier alpha value is -3.85. The number of aryl methyl sites for hydroxylation is 1. The second-order valence-electron chi connectivity index (χ2n) is 7.58. The highest BCUT2D eigenvalue weighted by molar-refractivity contribution is 5.84. The molecule has 0 saturated carbocycles. The molecule has 0 aliphatic rings. The molecule has 0 aliphatic heterocycles. The lowest BCUT2D eigenvalue weighted by Gasteiger charge is -2.00. The third-order valence-electron chi connectivity index (χ3n) is 5.16. The summed E-state index contributed by atoms with van der Waals surface area (Å²) in [6, 6.07) is 26.9. The molecule has 4 aromatic carbocycles. The highest BCUT2D eigenvalue weighted by Crippen LogP contribution is 2.17. The van der Waals surface area contributed by atoms with Gasteiger partial charge in [0.25, 0.3) is 0 Å². The fourth-order valence-electron chi connectivity index (χ4n) is 3.40. The summed E-state index contributed by atoms with van der Waals surface area (Å²) in [6.07, 6.45) is 2.04. The fourth-order valence-corrected chi connectivity index (χ4v) is 3.40. The Morgan fingerprint density at radius 3 is 1.75 bits per heavy atom. The Morgan fingerprint density at radius 1 is 0.625 bits per heavy atom. The zero-order valence-corrected chi connectivity index (χ0v) is 18.0. The second-order valence-corrected chi connectivity index (χ2v) is 7.58. The van der Waals surface area contributed by atoms with E-state index in [4.69, 9.17) is 4.74 Å². The molecule has 0 fully saturated rings. The second kappa shape index (κ2) is 10.5. The molecular formula is C30H23FO. The van der Waals surface area contributed by atoms with Crippen molar-refractivity contribution < 1.29 is 9.13 Å². The topological polar surface area (TPSA) is 9.23 Å². The molecule has 156 valence electrons. The van der Waals surface area contributed by atoms with Crippen molar-refractivity contribution in [3.05, 3.63) is 119 Å². The maximum atomic E-state index is 13.3. The molecule has 32 heavy (non-hydrogen) atoms. The molecule has 2 heteroatoms. The summed E-state index contributed by atoms with van der Waals surface area (Å²) in [7, 11) is 1.73. The standard InChI is InChI=1S/C30H23FO/c1-32-20-2-3-23-4-6-24(7-5-23)8-9-25-10-12-26(13-11-25)14-15-27-16-17-29-22-30(31)19-18-28(29)21-27/h4-7,10-13,16-19,21-22H,2-3,20H2,1H3. The summed E-state index contributed by atoms with van der Waals surface area (Å²) in [5, 5.41) is 1.85. The first-order chi connectivity index (χ1) is 15.7. The first kappa shape index (κ1) is 21.4. The third-order valence-corrected chi connectivity index (χ3v) is 5.16. The summed E-state index contributed by atoms with van der Waals surface area (Å²) in [4.78, 5) is 0. The predicted molar refractivity (Wildman–Crippen MR) is 129 cm³/mol. The Kier molecular flexibility index (Phi) is 6.98. The molecule has 0 heterocycles. The van der Waals surface area contributed by atoms with Gasteiger partial charge in [0.15, 0.2) is 0 Å². The molecule has 0 saturated heterocycles. The van der Waals surface area contributed by atoms with Crippen molar-refractivity contribution in [2.24, 2.45) is 0 Å². The highest BCUT2D eigenvalue weighted by atomic mass is 19.1. The number of methoxy groups -OCH3 is 1. The maximum Gasteiger partial charge on any atom is 0.123 e. The fraction of sp³-hybridized carbons (Fsp3) is 0.133. The molecule has 0 N–H and O–H groups in total. The summed E-state index contributed by atoms with van der Waals surface area (Å²) in [6.45, 7) is 0.783. The van der Waals surface area contributed by atoms with Crippen LogP contribution in [-0.4, -0.2) is 13.7 Å². The van der Waals surface area contributed by atoms with Crippen LogP contribution >= 0.6 is 0 Å². The predicted octanol–water partition coefficient (Wildman–Crippen LogP) is 6.36. The zero-order chi connectivity index (χ0) is 22.2. The summed E-state index contributed by atoms with van der Waals surface area (Å²) in [5.74, 6) is 12.6. The van der Waals surface area contributed by atoms with E-state index in [0.29, 0.717) is 0 Å². The SMILES string of the molecule is COCCCc1ccc(C#Cc2ccc(C#Cc3ccc4cc(F)ccc4c3)cc2)cc1. The maximum absolute atomic E-state index is 13.3. The van der Waals surface area contributed by atoms with Crippen LogP contribution < -0.4 is 0 Å². The minimum Gasteiger partial charge on any atom is -0.385 e. The molecule has 4 rings (SSSR count). The molecule has 0 atom stereocenters. The van der Waals surface area contributed by atoms with Crippen LogP contribution in [0.15, 0.2) is 84.9 Å². The van der Waals surface area contributed by atoms with Crippen molar-refractivity contribution >= 4 is 10.8 Å². The van der Waals surface area contributed by atoms with Crippen LogP contribution in [0, 0.1) is 29.5 Å². The van der Waals surface area contributed by atoms with Crippen LogP contribution in [0.25, 0.3) is 10.8 Å². The van der Waals surface area contributed by atoms with Crippen molar-refractivity contribution in [3.8, 4) is 23.7 Å². The Labute approximate surface area is 188 Å². The van der Waals surface area contributed by atoms with E-state index in [1.807, 2.05) is 42.5 Å². The van der Waals surface area contributed by atoms with E-state index in [9.17, 15) is 4.39 Å². The smallest absolute Gasteiger partial charge is 0.123 e. The lowest BCUT2D eigenvalue weighted by molar-refractivity contribution is 0.195. The molecule has 0 spiro atoms. The van der Waals surface area contributed by atoms with E-state index in [2.05, 4.69) is 47.9 Å². The van der Waals surface area contributed by atoms with Crippen LogP contribution in [0.4, 0.5) is 4.39 Å². The van der Waals surface area contributed by atoms with Crippen LogP contribution in [0.5, 0.6) is 0 Å². The number of hydrogen-bond acceptors (Lipinski definition) is 1. The van der Waals surface area contributed by atoms with Gasteiger partial charge < -0.3 is 4.74 Å². The molecular weight excluding hydrogens is 395 g/mol. The zero-order valence-electron chi connectivity index (χ0n) is 18.0. The van der Waals surface area contributed by atoms with Crippen molar-refractivity contribution in [2.75, 3.05) is 13.7 Å². The summed E-state index contributed by atoms with van der Waals surface area (Å²) < 4.78 is 18.4. The van der Waals surface area contributed by atoms with Crippen molar-refractivity contribution in [2.45, 2.75) is 12.8 Å². The normalized spacial score (nSPS) is 10.2. The molecule has 0 bridgehead atoms. The van der Waals surface area contributed by atoms with Gasteiger partial charge in [-0.05, 0) is 89.8 Å². The van der Waals surface area contributed by atoms with E-state index in [0.717, 1.165) is 52.5 Å². The van der Waals surface area contributed by atoms with E-state index in [-0.39, 0.29) is 5.82 Å². The van der Waals surface area contributed by atoms with Crippen molar-refractivity contribution in [1.29, 1.82) is 0 Å². The van der Waals surface area contributed by atoms with Gasteiger partial charge in [-0.25, -0.2) is 4.39 Å². The van der Waals surface area contributed by atoms with Crippen molar-refractivity contribution in [1.82, 2.24) is 0 Å². The number of halogens is 1. The summed E-state index contributed by atoms with van der Waals surface area (Å²) in [5.41, 5.74) is 5.08. The molecule has 0 radical (unpaired) electrons. The van der Waals surface area contributed by atoms with Gasteiger partial charge in [0.05, 0.1) is 0 Å². The van der Waals surface area contributed by atoms with Crippen LogP contribution in [0.2, 0.25) is 0 Å². The number of benzene rings is 4. The average molecular weight is 419 g/mol. The van der Waals surface area contributed by atoms with Crippen LogP contribution in [0.3, 0.4) is 0 Å². The quantitative estimate of drug-likeness (QED) is 0.277. The highest BCUT2D eigenvalue weighted by Gasteiger charge is 1.97. The first-order valence-electron chi connectivity index (χ1n) is 10.6. The van der Waals surface area contributed by atoms with E-state index >= 15 is 0 Å². The number of fused-ring (bicyclic) bond motifs is 1. The monoisotopic (exact) mass is 418 g/mol.